The molecule has 0 aliphatic carbocycles. The van der Waals surface area contributed by atoms with Gasteiger partial charge in [-0.2, -0.15) is 5.26 Å². The summed E-state index contributed by atoms with van der Waals surface area (Å²) in [5.74, 6) is -0.793. The van der Waals surface area contributed by atoms with E-state index < -0.39 is 16.8 Å². The predicted octanol–water partition coefficient (Wildman–Crippen LogP) is 5.42. The molecular weight excluding hydrogens is 502 g/mol. The van der Waals surface area contributed by atoms with Crippen LogP contribution in [-0.2, 0) is 4.79 Å². The van der Waals surface area contributed by atoms with E-state index in [4.69, 9.17) is 25.8 Å². The third kappa shape index (κ3) is 6.84. The van der Waals surface area contributed by atoms with Crippen LogP contribution in [0.1, 0.15) is 22.8 Å². The molecule has 0 spiro atoms. The van der Waals surface area contributed by atoms with Crippen LogP contribution >= 0.6 is 11.6 Å². The number of benzene rings is 3. The number of nitro groups is 1. The lowest BCUT2D eigenvalue weighted by molar-refractivity contribution is -0.384. The third-order valence-electron chi connectivity index (χ3n) is 4.84. The predicted molar refractivity (Wildman–Crippen MR) is 136 cm³/mol. The molecule has 0 saturated carbocycles. The number of rotatable bonds is 9. The van der Waals surface area contributed by atoms with Crippen molar-refractivity contribution in [1.29, 1.82) is 5.26 Å². The lowest BCUT2D eigenvalue weighted by atomic mass is 10.1. The molecule has 0 aliphatic heterocycles. The summed E-state index contributed by atoms with van der Waals surface area (Å²) in [5.41, 5.74) is 0.215. The van der Waals surface area contributed by atoms with Crippen molar-refractivity contribution in [2.24, 2.45) is 0 Å². The number of nitrogens with one attached hydrogen (secondary N) is 1. The van der Waals surface area contributed by atoms with E-state index in [1.165, 1.54) is 61.7 Å². The second kappa shape index (κ2) is 12.2. The van der Waals surface area contributed by atoms with Gasteiger partial charge in [0, 0.05) is 17.8 Å². The van der Waals surface area contributed by atoms with E-state index in [-0.39, 0.29) is 45.6 Å². The number of halogens is 1. The SMILES string of the molecule is CCOc1cc(/C=C(\C#N)C(=O)Nc2cccc([N+](=O)[O-])c2)cc(Cl)c1OC(=O)c1ccc(OC)cc1. The second-order valence-electron chi connectivity index (χ2n) is 7.31. The van der Waals surface area contributed by atoms with Crippen LogP contribution in [0.5, 0.6) is 17.2 Å². The summed E-state index contributed by atoms with van der Waals surface area (Å²) in [6, 6.07) is 16.2. The molecule has 11 heteroatoms. The molecule has 3 aromatic rings. The molecule has 0 aliphatic rings. The minimum atomic E-state index is -0.785. The molecule has 1 N–H and O–H groups in total. The van der Waals surface area contributed by atoms with Crippen molar-refractivity contribution in [3.05, 3.63) is 92.5 Å². The summed E-state index contributed by atoms with van der Waals surface area (Å²) in [6.07, 6.45) is 1.26. The minimum absolute atomic E-state index is 0.00967. The van der Waals surface area contributed by atoms with Crippen LogP contribution in [0.4, 0.5) is 11.4 Å². The van der Waals surface area contributed by atoms with E-state index in [2.05, 4.69) is 5.32 Å². The number of nitro benzene ring substituents is 1. The number of methoxy groups -OCH3 is 1. The van der Waals surface area contributed by atoms with Gasteiger partial charge in [-0.1, -0.05) is 17.7 Å². The Balaban J connectivity index is 1.87. The highest BCUT2D eigenvalue weighted by atomic mass is 35.5. The van der Waals surface area contributed by atoms with Gasteiger partial charge in [-0.15, -0.1) is 0 Å². The molecule has 0 atom stereocenters. The van der Waals surface area contributed by atoms with Crippen molar-refractivity contribution >= 4 is 40.9 Å². The minimum Gasteiger partial charge on any atom is -0.497 e. The molecule has 0 radical (unpaired) electrons. The lowest BCUT2D eigenvalue weighted by Crippen LogP contribution is -2.13. The van der Waals surface area contributed by atoms with Crippen LogP contribution in [0.3, 0.4) is 0 Å². The van der Waals surface area contributed by atoms with E-state index in [9.17, 15) is 25.0 Å². The Hall–Kier alpha value is -4.88. The summed E-state index contributed by atoms with van der Waals surface area (Å²) in [5, 5.41) is 22.9. The monoisotopic (exact) mass is 521 g/mol. The van der Waals surface area contributed by atoms with Crippen LogP contribution < -0.4 is 19.5 Å². The van der Waals surface area contributed by atoms with E-state index >= 15 is 0 Å². The maximum Gasteiger partial charge on any atom is 0.343 e. The summed E-state index contributed by atoms with van der Waals surface area (Å²) < 4.78 is 16.1. The van der Waals surface area contributed by atoms with Crippen molar-refractivity contribution in [3.8, 4) is 23.3 Å². The molecule has 3 aromatic carbocycles. The van der Waals surface area contributed by atoms with Gasteiger partial charge in [0.15, 0.2) is 11.5 Å². The van der Waals surface area contributed by atoms with Crippen molar-refractivity contribution < 1.29 is 28.7 Å². The second-order valence-corrected chi connectivity index (χ2v) is 7.72. The third-order valence-corrected chi connectivity index (χ3v) is 5.12. The number of amides is 1. The number of non-ortho nitro benzene ring substituents is 1. The van der Waals surface area contributed by atoms with Crippen LogP contribution in [0, 0.1) is 21.4 Å². The fourth-order valence-corrected chi connectivity index (χ4v) is 3.38. The molecule has 0 saturated heterocycles. The van der Waals surface area contributed by atoms with Gasteiger partial charge >= 0.3 is 5.97 Å². The zero-order valence-electron chi connectivity index (χ0n) is 19.7. The van der Waals surface area contributed by atoms with E-state index in [1.54, 1.807) is 25.1 Å². The normalized spacial score (nSPS) is 10.7. The Bertz CT molecular complexity index is 1410. The largest absolute Gasteiger partial charge is 0.497 e. The standard InChI is InChI=1S/C26H20ClN3O7/c1-3-36-23-13-16(11-18(15-28)25(31)29-19-5-4-6-20(14-19)30(33)34)12-22(27)24(23)37-26(32)17-7-9-21(35-2)10-8-17/h4-14H,3H2,1-2H3,(H,29,31)/b18-11+. The molecule has 188 valence electrons. The van der Waals surface area contributed by atoms with E-state index in [0.717, 1.165) is 0 Å². The Morgan fingerprint density at radius 3 is 2.51 bits per heavy atom. The zero-order valence-corrected chi connectivity index (χ0v) is 20.4. The van der Waals surface area contributed by atoms with Crippen LogP contribution in [0.15, 0.2) is 66.2 Å². The van der Waals surface area contributed by atoms with Gasteiger partial charge in [-0.3, -0.25) is 14.9 Å². The zero-order chi connectivity index (χ0) is 26.9. The highest BCUT2D eigenvalue weighted by Gasteiger charge is 2.19. The molecule has 10 nitrogen and oxygen atoms in total. The highest BCUT2D eigenvalue weighted by molar-refractivity contribution is 6.32. The topological polar surface area (TPSA) is 141 Å². The number of esters is 1. The Kier molecular flexibility index (Phi) is 8.81. The first kappa shape index (κ1) is 26.7. The smallest absolute Gasteiger partial charge is 0.343 e. The number of carbonyl (C=O) groups excluding carboxylic acids is 2. The first-order chi connectivity index (χ1) is 17.7. The van der Waals surface area contributed by atoms with Crippen molar-refractivity contribution in [2.75, 3.05) is 19.0 Å². The molecule has 0 heterocycles. The maximum absolute atomic E-state index is 12.6. The van der Waals surface area contributed by atoms with Crippen LogP contribution in [0.25, 0.3) is 6.08 Å². The fraction of sp³-hybridized carbons (Fsp3) is 0.115. The molecule has 0 aromatic heterocycles. The summed E-state index contributed by atoms with van der Waals surface area (Å²) >= 11 is 6.38. The molecule has 37 heavy (non-hydrogen) atoms. The summed E-state index contributed by atoms with van der Waals surface area (Å²) in [4.78, 5) is 35.6. The van der Waals surface area contributed by atoms with E-state index in [1.807, 2.05) is 0 Å². The van der Waals surface area contributed by atoms with Gasteiger partial charge in [0.05, 0.1) is 29.2 Å². The number of hydrogen-bond acceptors (Lipinski definition) is 8. The molecule has 0 bridgehead atoms. The first-order valence-electron chi connectivity index (χ1n) is 10.8. The summed E-state index contributed by atoms with van der Waals surface area (Å²) in [7, 11) is 1.51. The van der Waals surface area contributed by atoms with Gasteiger partial charge in [-0.05, 0) is 61.0 Å². The number of anilines is 1. The molecular formula is C26H20ClN3O7. The van der Waals surface area contributed by atoms with Gasteiger partial charge < -0.3 is 19.5 Å². The quantitative estimate of drug-likeness (QED) is 0.0982. The summed E-state index contributed by atoms with van der Waals surface area (Å²) in [6.45, 7) is 1.94. The van der Waals surface area contributed by atoms with Gasteiger partial charge in [-0.25, -0.2) is 4.79 Å². The maximum atomic E-state index is 12.6. The average molecular weight is 522 g/mol. The number of carbonyl (C=O) groups is 2. The first-order valence-corrected chi connectivity index (χ1v) is 11.1. The van der Waals surface area contributed by atoms with Gasteiger partial charge in [0.25, 0.3) is 11.6 Å². The lowest BCUT2D eigenvalue weighted by Gasteiger charge is -2.14. The number of hydrogen-bond donors (Lipinski definition) is 1. The fourth-order valence-electron chi connectivity index (χ4n) is 3.12. The van der Waals surface area contributed by atoms with Crippen molar-refractivity contribution in [2.45, 2.75) is 6.92 Å². The number of ether oxygens (including phenoxy) is 3. The van der Waals surface area contributed by atoms with Gasteiger partial charge in [0.1, 0.15) is 17.4 Å². The molecule has 1 amide bonds. The van der Waals surface area contributed by atoms with Crippen LogP contribution in [-0.4, -0.2) is 30.5 Å². The van der Waals surface area contributed by atoms with Gasteiger partial charge in [0.2, 0.25) is 0 Å². The van der Waals surface area contributed by atoms with Crippen molar-refractivity contribution in [3.63, 3.8) is 0 Å². The number of nitriles is 1. The van der Waals surface area contributed by atoms with Crippen LogP contribution in [0.2, 0.25) is 5.02 Å². The highest BCUT2D eigenvalue weighted by Crippen LogP contribution is 2.38. The Morgan fingerprint density at radius 2 is 1.89 bits per heavy atom. The Morgan fingerprint density at radius 1 is 1.16 bits per heavy atom. The number of nitrogens with zero attached hydrogens (tertiary/aromatic N) is 2. The van der Waals surface area contributed by atoms with Crippen molar-refractivity contribution in [1.82, 2.24) is 0 Å². The molecule has 3 rings (SSSR count). The molecule has 0 fully saturated rings. The van der Waals surface area contributed by atoms with E-state index in [0.29, 0.717) is 11.3 Å². The molecule has 0 unspecified atom stereocenters. The Labute approximate surface area is 216 Å². The average Bonchev–Trinajstić information content (AvgIpc) is 2.89.